The molecule has 20 heavy (non-hydrogen) atoms. The standard InChI is InChI=1S/C15H22O5/c1-8(2)14(16)19-12-7-18-11(6)13(10(12)5)20-15(17)9(3)4/h10-13H,1,3,7H2,2,4-6H3/t10-,11?,12-,13?/m1/s1. The third-order valence-corrected chi connectivity index (χ3v) is 3.29. The summed E-state index contributed by atoms with van der Waals surface area (Å²) < 4.78 is 16.2. The first-order chi connectivity index (χ1) is 9.23. The Hall–Kier alpha value is -1.62. The van der Waals surface area contributed by atoms with Crippen molar-refractivity contribution in [1.82, 2.24) is 0 Å². The van der Waals surface area contributed by atoms with E-state index in [2.05, 4.69) is 13.2 Å². The molecule has 0 saturated carbocycles. The minimum atomic E-state index is -0.476. The summed E-state index contributed by atoms with van der Waals surface area (Å²) in [4.78, 5) is 23.2. The molecule has 0 spiro atoms. The van der Waals surface area contributed by atoms with E-state index in [1.165, 1.54) is 0 Å². The molecule has 112 valence electrons. The predicted octanol–water partition coefficient (Wildman–Crippen LogP) is 2.02. The Labute approximate surface area is 119 Å². The summed E-state index contributed by atoms with van der Waals surface area (Å²) in [5.41, 5.74) is 0.650. The van der Waals surface area contributed by atoms with Crippen molar-refractivity contribution in [2.75, 3.05) is 6.61 Å². The predicted molar refractivity (Wildman–Crippen MR) is 74.0 cm³/mol. The molecule has 1 aliphatic rings. The summed E-state index contributed by atoms with van der Waals surface area (Å²) in [5.74, 6) is -1.10. The first-order valence-corrected chi connectivity index (χ1v) is 6.58. The Morgan fingerprint density at radius 1 is 1.05 bits per heavy atom. The van der Waals surface area contributed by atoms with Gasteiger partial charge in [-0.25, -0.2) is 9.59 Å². The molecule has 1 fully saturated rings. The average Bonchev–Trinajstić information content (AvgIpc) is 2.37. The molecular weight excluding hydrogens is 260 g/mol. The zero-order valence-electron chi connectivity index (χ0n) is 12.5. The van der Waals surface area contributed by atoms with Crippen molar-refractivity contribution in [3.8, 4) is 0 Å². The van der Waals surface area contributed by atoms with Gasteiger partial charge >= 0.3 is 11.9 Å². The maximum Gasteiger partial charge on any atom is 0.333 e. The van der Waals surface area contributed by atoms with E-state index in [0.29, 0.717) is 11.1 Å². The minimum absolute atomic E-state index is 0.162. The highest BCUT2D eigenvalue weighted by Gasteiger charge is 2.40. The second kappa shape index (κ2) is 6.70. The maximum absolute atomic E-state index is 11.6. The Balaban J connectivity index is 2.74. The Morgan fingerprint density at radius 3 is 2.05 bits per heavy atom. The van der Waals surface area contributed by atoms with Crippen LogP contribution in [-0.4, -0.2) is 36.9 Å². The SMILES string of the molecule is C=C(C)C(=O)OC1C(C)OC[C@@H](OC(=O)C(=C)C)[C@H]1C. The summed E-state index contributed by atoms with van der Waals surface area (Å²) in [5, 5.41) is 0. The van der Waals surface area contributed by atoms with E-state index in [4.69, 9.17) is 14.2 Å². The number of ether oxygens (including phenoxy) is 3. The molecule has 2 unspecified atom stereocenters. The van der Waals surface area contributed by atoms with Crippen molar-refractivity contribution in [3.05, 3.63) is 24.3 Å². The number of carbonyl (C=O) groups is 2. The van der Waals surface area contributed by atoms with E-state index < -0.39 is 24.1 Å². The van der Waals surface area contributed by atoms with Crippen LogP contribution in [0, 0.1) is 5.92 Å². The van der Waals surface area contributed by atoms with Gasteiger partial charge in [0.1, 0.15) is 12.2 Å². The molecule has 5 nitrogen and oxygen atoms in total. The van der Waals surface area contributed by atoms with E-state index >= 15 is 0 Å². The lowest BCUT2D eigenvalue weighted by Crippen LogP contribution is -2.50. The van der Waals surface area contributed by atoms with Crippen LogP contribution in [0.2, 0.25) is 0 Å². The van der Waals surface area contributed by atoms with Crippen LogP contribution < -0.4 is 0 Å². The average molecular weight is 282 g/mol. The Bertz CT molecular complexity index is 426. The summed E-state index contributed by atoms with van der Waals surface area (Å²) in [6.45, 7) is 14.2. The smallest absolute Gasteiger partial charge is 0.333 e. The molecule has 0 N–H and O–H groups in total. The summed E-state index contributed by atoms with van der Waals surface area (Å²) in [6, 6.07) is 0. The molecule has 0 aromatic rings. The van der Waals surface area contributed by atoms with Gasteiger partial charge in [0.05, 0.1) is 12.7 Å². The second-order valence-electron chi connectivity index (χ2n) is 5.27. The van der Waals surface area contributed by atoms with Crippen LogP contribution in [0.15, 0.2) is 24.3 Å². The van der Waals surface area contributed by atoms with Crippen molar-refractivity contribution in [3.63, 3.8) is 0 Å². The molecule has 0 amide bonds. The summed E-state index contributed by atoms with van der Waals surface area (Å²) in [7, 11) is 0. The zero-order chi connectivity index (χ0) is 15.4. The van der Waals surface area contributed by atoms with Gasteiger partial charge in [0.2, 0.25) is 0 Å². The highest BCUT2D eigenvalue weighted by molar-refractivity contribution is 5.87. The van der Waals surface area contributed by atoms with Crippen LogP contribution in [0.4, 0.5) is 0 Å². The lowest BCUT2D eigenvalue weighted by Gasteiger charge is -2.38. The van der Waals surface area contributed by atoms with Gasteiger partial charge < -0.3 is 14.2 Å². The van der Waals surface area contributed by atoms with Gasteiger partial charge in [-0.15, -0.1) is 0 Å². The fourth-order valence-corrected chi connectivity index (χ4v) is 1.94. The third kappa shape index (κ3) is 3.93. The first kappa shape index (κ1) is 16.4. The van der Waals surface area contributed by atoms with E-state index in [9.17, 15) is 9.59 Å². The van der Waals surface area contributed by atoms with Crippen LogP contribution in [0.25, 0.3) is 0 Å². The van der Waals surface area contributed by atoms with Gasteiger partial charge in [-0.2, -0.15) is 0 Å². The molecule has 4 atom stereocenters. The van der Waals surface area contributed by atoms with E-state index in [0.717, 1.165) is 0 Å². The van der Waals surface area contributed by atoms with Gasteiger partial charge in [0, 0.05) is 17.1 Å². The maximum atomic E-state index is 11.6. The van der Waals surface area contributed by atoms with Crippen molar-refractivity contribution in [1.29, 1.82) is 0 Å². The van der Waals surface area contributed by atoms with Gasteiger partial charge in [-0.1, -0.05) is 20.1 Å². The quantitative estimate of drug-likeness (QED) is 0.583. The number of esters is 2. The molecule has 1 rings (SSSR count). The molecular formula is C15H22O5. The number of carbonyl (C=O) groups excluding carboxylic acids is 2. The molecule has 5 heteroatoms. The molecule has 0 aliphatic carbocycles. The lowest BCUT2D eigenvalue weighted by molar-refractivity contribution is -0.192. The highest BCUT2D eigenvalue weighted by atomic mass is 16.6. The number of hydrogen-bond acceptors (Lipinski definition) is 5. The highest BCUT2D eigenvalue weighted by Crippen LogP contribution is 2.27. The van der Waals surface area contributed by atoms with Gasteiger partial charge in [0.15, 0.2) is 0 Å². The van der Waals surface area contributed by atoms with Crippen molar-refractivity contribution < 1.29 is 23.8 Å². The second-order valence-corrected chi connectivity index (χ2v) is 5.27. The zero-order valence-corrected chi connectivity index (χ0v) is 12.5. The van der Waals surface area contributed by atoms with Crippen LogP contribution >= 0.6 is 0 Å². The van der Waals surface area contributed by atoms with Crippen molar-refractivity contribution in [2.45, 2.75) is 46.0 Å². The molecule has 0 aromatic heterocycles. The summed E-state index contributed by atoms with van der Waals surface area (Å²) in [6.07, 6.45) is -1.19. The van der Waals surface area contributed by atoms with Crippen LogP contribution in [0.3, 0.4) is 0 Å². The fraction of sp³-hybridized carbons (Fsp3) is 0.600. The largest absolute Gasteiger partial charge is 0.456 e. The molecule has 1 heterocycles. The topological polar surface area (TPSA) is 61.8 Å². The van der Waals surface area contributed by atoms with Crippen molar-refractivity contribution >= 4 is 11.9 Å². The molecule has 1 saturated heterocycles. The first-order valence-electron chi connectivity index (χ1n) is 6.58. The monoisotopic (exact) mass is 282 g/mol. The lowest BCUT2D eigenvalue weighted by atomic mass is 9.92. The van der Waals surface area contributed by atoms with Gasteiger partial charge in [-0.05, 0) is 20.8 Å². The minimum Gasteiger partial charge on any atom is -0.456 e. The molecule has 0 aromatic carbocycles. The molecule has 0 radical (unpaired) electrons. The van der Waals surface area contributed by atoms with Crippen LogP contribution in [0.5, 0.6) is 0 Å². The van der Waals surface area contributed by atoms with Crippen LogP contribution in [-0.2, 0) is 23.8 Å². The fourth-order valence-electron chi connectivity index (χ4n) is 1.94. The van der Waals surface area contributed by atoms with E-state index in [1.807, 2.05) is 13.8 Å². The molecule has 1 aliphatic heterocycles. The Kier molecular flexibility index (Phi) is 5.51. The van der Waals surface area contributed by atoms with E-state index in [-0.39, 0.29) is 18.6 Å². The van der Waals surface area contributed by atoms with Crippen molar-refractivity contribution in [2.24, 2.45) is 5.92 Å². The third-order valence-electron chi connectivity index (χ3n) is 3.29. The Morgan fingerprint density at radius 2 is 1.55 bits per heavy atom. The number of hydrogen-bond donors (Lipinski definition) is 0. The van der Waals surface area contributed by atoms with Gasteiger partial charge in [0.25, 0.3) is 0 Å². The van der Waals surface area contributed by atoms with Crippen LogP contribution in [0.1, 0.15) is 27.7 Å². The number of rotatable bonds is 4. The van der Waals surface area contributed by atoms with Gasteiger partial charge in [-0.3, -0.25) is 0 Å². The normalized spacial score (nSPS) is 29.4. The van der Waals surface area contributed by atoms with E-state index in [1.54, 1.807) is 13.8 Å². The molecule has 0 bridgehead atoms. The summed E-state index contributed by atoms with van der Waals surface area (Å²) >= 11 is 0.